The molecule has 2 heterocycles. The van der Waals surface area contributed by atoms with Gasteiger partial charge in [0.25, 0.3) is 0 Å². The Morgan fingerprint density at radius 1 is 1.47 bits per heavy atom. The van der Waals surface area contributed by atoms with Crippen molar-refractivity contribution in [3.63, 3.8) is 0 Å². The van der Waals surface area contributed by atoms with Crippen molar-refractivity contribution in [2.45, 2.75) is 44.8 Å². The van der Waals surface area contributed by atoms with Gasteiger partial charge in [0.2, 0.25) is 0 Å². The van der Waals surface area contributed by atoms with E-state index < -0.39 is 11.2 Å². The van der Waals surface area contributed by atoms with Crippen LogP contribution in [0.2, 0.25) is 0 Å². The number of amides is 1. The SMILES string of the molecule is CC(C)(C)OC(=O)N1CC[C@]2(CC(=O)CO2)C1. The van der Waals surface area contributed by atoms with Crippen molar-refractivity contribution in [2.24, 2.45) is 0 Å². The molecule has 2 saturated heterocycles. The van der Waals surface area contributed by atoms with Crippen LogP contribution < -0.4 is 0 Å². The predicted octanol–water partition coefficient (Wildman–Crippen LogP) is 1.36. The van der Waals surface area contributed by atoms with Crippen LogP contribution in [0.3, 0.4) is 0 Å². The summed E-state index contributed by atoms with van der Waals surface area (Å²) in [6.07, 6.45) is 0.821. The second-order valence-electron chi connectivity index (χ2n) is 5.84. The Labute approximate surface area is 101 Å². The first-order valence-electron chi connectivity index (χ1n) is 5.93. The van der Waals surface area contributed by atoms with E-state index >= 15 is 0 Å². The number of hydrogen-bond acceptors (Lipinski definition) is 4. The van der Waals surface area contributed by atoms with Gasteiger partial charge < -0.3 is 14.4 Å². The zero-order valence-electron chi connectivity index (χ0n) is 10.6. The summed E-state index contributed by atoms with van der Waals surface area (Å²) < 4.78 is 10.8. The molecule has 17 heavy (non-hydrogen) atoms. The van der Waals surface area contributed by atoms with Crippen LogP contribution in [0.5, 0.6) is 0 Å². The molecule has 5 heteroatoms. The van der Waals surface area contributed by atoms with E-state index in [1.807, 2.05) is 20.8 Å². The molecule has 0 saturated carbocycles. The van der Waals surface area contributed by atoms with Crippen LogP contribution in [0.4, 0.5) is 4.79 Å². The van der Waals surface area contributed by atoms with Crippen molar-refractivity contribution in [2.75, 3.05) is 19.7 Å². The van der Waals surface area contributed by atoms with Crippen molar-refractivity contribution in [1.82, 2.24) is 4.90 Å². The van der Waals surface area contributed by atoms with E-state index in [2.05, 4.69) is 0 Å². The largest absolute Gasteiger partial charge is 0.444 e. The highest BCUT2D eigenvalue weighted by Gasteiger charge is 2.47. The molecule has 2 aliphatic heterocycles. The molecule has 0 aromatic rings. The second-order valence-corrected chi connectivity index (χ2v) is 5.84. The minimum absolute atomic E-state index is 0.121. The molecule has 1 amide bonds. The number of carbonyl (C=O) groups excluding carboxylic acids is 2. The average molecular weight is 241 g/mol. The number of hydrogen-bond donors (Lipinski definition) is 0. The molecule has 0 N–H and O–H groups in total. The van der Waals surface area contributed by atoms with Crippen molar-refractivity contribution >= 4 is 11.9 Å². The monoisotopic (exact) mass is 241 g/mol. The Bertz CT molecular complexity index is 347. The van der Waals surface area contributed by atoms with Crippen molar-refractivity contribution < 1.29 is 19.1 Å². The number of carbonyl (C=O) groups is 2. The molecule has 0 bridgehead atoms. The van der Waals surface area contributed by atoms with Crippen LogP contribution >= 0.6 is 0 Å². The number of ether oxygens (including phenoxy) is 2. The van der Waals surface area contributed by atoms with Gasteiger partial charge in [-0.05, 0) is 27.2 Å². The van der Waals surface area contributed by atoms with Gasteiger partial charge in [-0.25, -0.2) is 4.79 Å². The molecule has 2 fully saturated rings. The first kappa shape index (κ1) is 12.4. The van der Waals surface area contributed by atoms with Crippen LogP contribution in [0.15, 0.2) is 0 Å². The maximum absolute atomic E-state index is 11.8. The van der Waals surface area contributed by atoms with Crippen LogP contribution in [0.1, 0.15) is 33.6 Å². The number of nitrogens with zero attached hydrogens (tertiary/aromatic N) is 1. The number of likely N-dealkylation sites (tertiary alicyclic amines) is 1. The average Bonchev–Trinajstić information content (AvgIpc) is 2.72. The minimum atomic E-state index is -0.487. The van der Waals surface area contributed by atoms with Gasteiger partial charge in [-0.2, -0.15) is 0 Å². The van der Waals surface area contributed by atoms with Gasteiger partial charge in [0.15, 0.2) is 5.78 Å². The lowest BCUT2D eigenvalue weighted by molar-refractivity contribution is -0.117. The highest BCUT2D eigenvalue weighted by atomic mass is 16.6. The summed E-state index contributed by atoms with van der Waals surface area (Å²) in [4.78, 5) is 24.7. The van der Waals surface area contributed by atoms with Gasteiger partial charge in [-0.15, -0.1) is 0 Å². The van der Waals surface area contributed by atoms with E-state index in [1.165, 1.54) is 0 Å². The molecule has 1 spiro atoms. The van der Waals surface area contributed by atoms with Crippen LogP contribution in [0.25, 0.3) is 0 Å². The Morgan fingerprint density at radius 2 is 2.18 bits per heavy atom. The lowest BCUT2D eigenvalue weighted by Gasteiger charge is -2.26. The van der Waals surface area contributed by atoms with Crippen LogP contribution in [-0.4, -0.2) is 47.7 Å². The summed E-state index contributed by atoms with van der Waals surface area (Å²) in [7, 11) is 0. The number of Topliss-reactive ketones (excluding diaryl/α,β-unsaturated/α-hetero) is 1. The molecule has 2 aliphatic rings. The molecule has 5 nitrogen and oxygen atoms in total. The molecule has 1 atom stereocenters. The smallest absolute Gasteiger partial charge is 0.410 e. The van der Waals surface area contributed by atoms with Crippen LogP contribution in [-0.2, 0) is 14.3 Å². The summed E-state index contributed by atoms with van der Waals surface area (Å²) >= 11 is 0. The highest BCUT2D eigenvalue weighted by molar-refractivity contribution is 5.83. The first-order valence-corrected chi connectivity index (χ1v) is 5.93. The fourth-order valence-corrected chi connectivity index (χ4v) is 2.28. The summed E-state index contributed by atoms with van der Waals surface area (Å²) in [6, 6.07) is 0. The van der Waals surface area contributed by atoms with Crippen molar-refractivity contribution in [1.29, 1.82) is 0 Å². The maximum Gasteiger partial charge on any atom is 0.410 e. The van der Waals surface area contributed by atoms with E-state index in [-0.39, 0.29) is 18.5 Å². The fourth-order valence-electron chi connectivity index (χ4n) is 2.28. The second kappa shape index (κ2) is 3.98. The van der Waals surface area contributed by atoms with Gasteiger partial charge in [0.1, 0.15) is 12.2 Å². The number of ketones is 1. The van der Waals surface area contributed by atoms with E-state index in [9.17, 15) is 9.59 Å². The Kier molecular flexibility index (Phi) is 2.89. The molecule has 0 radical (unpaired) electrons. The summed E-state index contributed by atoms with van der Waals surface area (Å²) in [5.41, 5.74) is -0.923. The molecular formula is C12H19NO4. The molecule has 0 unspecified atom stereocenters. The zero-order valence-corrected chi connectivity index (χ0v) is 10.6. The van der Waals surface area contributed by atoms with E-state index in [4.69, 9.17) is 9.47 Å². The molecule has 2 rings (SSSR count). The summed E-state index contributed by atoms with van der Waals surface area (Å²) in [6.45, 7) is 6.77. The van der Waals surface area contributed by atoms with E-state index in [1.54, 1.807) is 4.90 Å². The van der Waals surface area contributed by atoms with Gasteiger partial charge >= 0.3 is 6.09 Å². The fraction of sp³-hybridized carbons (Fsp3) is 0.833. The molecule has 96 valence electrons. The topological polar surface area (TPSA) is 55.8 Å². The molecule has 0 aromatic heterocycles. The molecule has 0 aromatic carbocycles. The first-order chi connectivity index (χ1) is 7.80. The summed E-state index contributed by atoms with van der Waals surface area (Å²) in [5.74, 6) is 0.121. The standard InChI is InChI=1S/C12H19NO4/c1-11(2,3)17-10(15)13-5-4-12(8-13)6-9(14)7-16-12/h4-8H2,1-3H3/t12-/m0/s1. The van der Waals surface area contributed by atoms with Gasteiger partial charge in [-0.1, -0.05) is 0 Å². The highest BCUT2D eigenvalue weighted by Crippen LogP contribution is 2.33. The van der Waals surface area contributed by atoms with Crippen molar-refractivity contribution in [3.05, 3.63) is 0 Å². The van der Waals surface area contributed by atoms with Gasteiger partial charge in [0.05, 0.1) is 12.1 Å². The normalized spacial score (nSPS) is 29.1. The third-order valence-electron chi connectivity index (χ3n) is 3.03. The Balaban J connectivity index is 1.94. The van der Waals surface area contributed by atoms with Crippen LogP contribution in [0, 0.1) is 0 Å². The lowest BCUT2D eigenvalue weighted by atomic mass is 9.99. The van der Waals surface area contributed by atoms with Crippen molar-refractivity contribution in [3.8, 4) is 0 Å². The van der Waals surface area contributed by atoms with E-state index in [0.29, 0.717) is 19.5 Å². The quantitative estimate of drug-likeness (QED) is 0.642. The summed E-state index contributed by atoms with van der Waals surface area (Å²) in [5, 5.41) is 0. The molecular weight excluding hydrogens is 222 g/mol. The third kappa shape index (κ3) is 2.77. The van der Waals surface area contributed by atoms with Gasteiger partial charge in [-0.3, -0.25) is 4.79 Å². The molecule has 0 aliphatic carbocycles. The number of rotatable bonds is 0. The van der Waals surface area contributed by atoms with Gasteiger partial charge in [0, 0.05) is 13.0 Å². The maximum atomic E-state index is 11.8. The Hall–Kier alpha value is -1.10. The lowest BCUT2D eigenvalue weighted by Crippen LogP contribution is -2.39. The third-order valence-corrected chi connectivity index (χ3v) is 3.03. The predicted molar refractivity (Wildman–Crippen MR) is 60.7 cm³/mol. The minimum Gasteiger partial charge on any atom is -0.444 e. The Morgan fingerprint density at radius 3 is 2.71 bits per heavy atom. The van der Waals surface area contributed by atoms with E-state index in [0.717, 1.165) is 6.42 Å². The zero-order chi connectivity index (χ0) is 12.7.